The summed E-state index contributed by atoms with van der Waals surface area (Å²) in [5.41, 5.74) is 14.1. The highest BCUT2D eigenvalue weighted by molar-refractivity contribution is 6.16. The van der Waals surface area contributed by atoms with Crippen LogP contribution in [-0.2, 0) is 60.5 Å². The molecule has 0 saturated carbocycles. The molecule has 0 aromatic carbocycles. The number of esters is 5. The molecule has 0 bridgehead atoms. The summed E-state index contributed by atoms with van der Waals surface area (Å²) in [7, 11) is 5.46. The largest absolute Gasteiger partial charge is 1.00 e. The molecule has 0 spiro atoms. The van der Waals surface area contributed by atoms with Crippen molar-refractivity contribution in [3.05, 3.63) is 78.7 Å². The molecule has 2 aromatic rings. The van der Waals surface area contributed by atoms with Crippen molar-refractivity contribution >= 4 is 53.4 Å². The number of carbonyl (C=O) groups excluding carboxylic acids is 5. The highest BCUT2D eigenvalue weighted by Crippen LogP contribution is 2.31. The molecule has 16 heteroatoms. The van der Waals surface area contributed by atoms with E-state index in [9.17, 15) is 24.0 Å². The van der Waals surface area contributed by atoms with Crippen molar-refractivity contribution in [2.75, 3.05) is 35.0 Å². The molecule has 0 radical (unpaired) electrons. The molecule has 2 aromatic heterocycles. The van der Waals surface area contributed by atoms with Crippen LogP contribution in [-0.4, -0.2) is 86.3 Å². The lowest BCUT2D eigenvalue weighted by Gasteiger charge is -2.07. The zero-order chi connectivity index (χ0) is 42.7. The number of allylic oxidation sites excluding steroid dienone is 3. The molecule has 0 amide bonds. The van der Waals surface area contributed by atoms with Crippen molar-refractivity contribution in [2.24, 2.45) is 0 Å². The Morgan fingerprint density at radius 1 is 0.550 bits per heavy atom. The Labute approximate surface area is 372 Å². The molecule has 0 saturated heterocycles. The number of aryl methyl sites for hydroxylation is 2. The summed E-state index contributed by atoms with van der Waals surface area (Å²) in [5.74, 6) is -1.72. The van der Waals surface area contributed by atoms with Gasteiger partial charge in [0.25, 0.3) is 0 Å². The van der Waals surface area contributed by atoms with Crippen LogP contribution in [0.1, 0.15) is 110 Å². The zero-order valence-electron chi connectivity index (χ0n) is 36.3. The van der Waals surface area contributed by atoms with Crippen LogP contribution in [0.25, 0.3) is 12.2 Å². The Morgan fingerprint density at radius 3 is 1.57 bits per heavy atom. The van der Waals surface area contributed by atoms with Crippen LogP contribution in [0.3, 0.4) is 0 Å². The summed E-state index contributed by atoms with van der Waals surface area (Å²) < 4.78 is 25.2. The maximum absolute atomic E-state index is 13.2. The van der Waals surface area contributed by atoms with E-state index in [1.807, 2.05) is 46.8 Å². The van der Waals surface area contributed by atoms with Crippen molar-refractivity contribution in [3.63, 3.8) is 0 Å². The minimum Gasteiger partial charge on any atom is -1.00 e. The van der Waals surface area contributed by atoms with Gasteiger partial charge in [-0.2, -0.15) is 0 Å². The van der Waals surface area contributed by atoms with Gasteiger partial charge in [0.15, 0.2) is 11.4 Å². The summed E-state index contributed by atoms with van der Waals surface area (Å²) in [6, 6.07) is 0. The first-order chi connectivity index (χ1) is 27.6. The molecule has 14 nitrogen and oxygen atoms in total. The molecule has 328 valence electrons. The van der Waals surface area contributed by atoms with Crippen LogP contribution in [0, 0.1) is 27.7 Å². The summed E-state index contributed by atoms with van der Waals surface area (Å²) in [6.45, 7) is 11.9. The van der Waals surface area contributed by atoms with Gasteiger partial charge in [0.2, 0.25) is 11.4 Å². The molecule has 2 aliphatic heterocycles. The molecular weight excluding hydrogens is 904 g/mol. The number of carbonyl (C=O) groups is 5. The fourth-order valence-corrected chi connectivity index (χ4v) is 7.49. The average Bonchev–Trinajstić information content (AvgIpc) is 3.86. The lowest BCUT2D eigenvalue weighted by Crippen LogP contribution is -3.00. The second kappa shape index (κ2) is 23.8. The fraction of sp³-hybridized carbons (Fsp3) is 0.477. The summed E-state index contributed by atoms with van der Waals surface area (Å²) in [5, 5.41) is 0. The lowest BCUT2D eigenvalue weighted by atomic mass is 9.92. The predicted octanol–water partition coefficient (Wildman–Crippen LogP) is -2.89. The molecule has 0 aliphatic carbocycles. The van der Waals surface area contributed by atoms with Gasteiger partial charge in [-0.15, -0.1) is 0 Å². The first-order valence-electron chi connectivity index (χ1n) is 19.6. The van der Waals surface area contributed by atoms with E-state index in [2.05, 4.69) is 20.0 Å². The number of hydrogen-bond acceptors (Lipinski definition) is 10. The van der Waals surface area contributed by atoms with Crippen molar-refractivity contribution in [3.8, 4) is 0 Å². The highest BCUT2D eigenvalue weighted by atomic mass is 79.9. The second-order valence-corrected chi connectivity index (χ2v) is 14.4. The smallest absolute Gasteiger partial charge is 0.310 e. The number of ether oxygens (including phenoxy) is 5. The molecule has 0 atom stereocenters. The van der Waals surface area contributed by atoms with E-state index in [1.54, 1.807) is 6.92 Å². The third kappa shape index (κ3) is 12.8. The van der Waals surface area contributed by atoms with Crippen molar-refractivity contribution < 1.29 is 91.6 Å². The lowest BCUT2D eigenvalue weighted by molar-refractivity contribution is -0.393. The highest BCUT2D eigenvalue weighted by Gasteiger charge is 2.38. The quantitative estimate of drug-likeness (QED) is 0.0841. The van der Waals surface area contributed by atoms with Crippen LogP contribution in [0.15, 0.2) is 33.7 Å². The molecule has 2 aliphatic rings. The summed E-state index contributed by atoms with van der Waals surface area (Å²) in [4.78, 5) is 76.3. The van der Waals surface area contributed by atoms with Crippen LogP contribution < -0.4 is 43.9 Å². The van der Waals surface area contributed by atoms with Crippen LogP contribution in [0.5, 0.6) is 0 Å². The Morgan fingerprint density at radius 2 is 1.02 bits per heavy atom. The van der Waals surface area contributed by atoms with Gasteiger partial charge in [0.1, 0.15) is 6.42 Å². The number of rotatable bonds is 19. The number of halogens is 2. The van der Waals surface area contributed by atoms with Crippen molar-refractivity contribution in [1.29, 1.82) is 0 Å². The SMILES string of the molecule is CCOC(=O)CC1=C(CCC(=O)OC)/C(=C/c2[nH]c(C)c(C)c2CCC(=O)OC)[NH+]=C1CC1=[NH+]/C(=C/c2[nH]c(C)c(CCC(=O)OC)c2C)C(CCC(=O)OC)=C1C.[Br-].[Br-]. The third-order valence-electron chi connectivity index (χ3n) is 10.9. The number of methoxy groups -OCH3 is 4. The van der Waals surface area contributed by atoms with Gasteiger partial charge in [-0.25, -0.2) is 9.98 Å². The average molecular weight is 963 g/mol. The number of hydrogen-bond donors (Lipinski definition) is 4. The maximum Gasteiger partial charge on any atom is 0.310 e. The van der Waals surface area contributed by atoms with Gasteiger partial charge in [-0.1, -0.05) is 0 Å². The fourth-order valence-electron chi connectivity index (χ4n) is 7.49. The Bertz CT molecular complexity index is 2150. The van der Waals surface area contributed by atoms with E-state index in [0.717, 1.165) is 78.9 Å². The van der Waals surface area contributed by atoms with E-state index in [-0.39, 0.29) is 103 Å². The predicted molar refractivity (Wildman–Crippen MR) is 217 cm³/mol. The molecule has 4 N–H and O–H groups in total. The molecule has 4 rings (SSSR count). The van der Waals surface area contributed by atoms with Crippen molar-refractivity contribution in [1.82, 2.24) is 9.97 Å². The van der Waals surface area contributed by atoms with E-state index in [0.29, 0.717) is 37.0 Å². The zero-order valence-corrected chi connectivity index (χ0v) is 39.4. The first kappa shape index (κ1) is 51.3. The topological polar surface area (TPSA) is 191 Å². The standard InChI is InChI=1S/C44H56N4O10.2BrH/c1-11-58-44(53)20-33-32(15-19-43(52)57-10)38(23-36-30(13-17-41(50)55-8)24(2)27(5)45-36)48-39(33)22-35-26(4)31(14-18-42(51)56-9)37(47-35)21-34-25(3)29(28(6)46-34)12-16-40(49)54-7;;/h21,23,45-46H,11-20,22H2,1-10H3;2*1H/b37-21+,38-23-;;. The van der Waals surface area contributed by atoms with Gasteiger partial charge < -0.3 is 67.6 Å². The molecule has 0 unspecified atom stereocenters. The van der Waals surface area contributed by atoms with Gasteiger partial charge in [-0.3, -0.25) is 24.0 Å². The first-order valence-corrected chi connectivity index (χ1v) is 19.6. The molecular formula is C44H58Br2N4O10. The van der Waals surface area contributed by atoms with E-state index >= 15 is 0 Å². The number of H-pyrrole nitrogens is 2. The number of nitrogens with one attached hydrogen (secondary N) is 4. The number of aromatic amines is 2. The minimum absolute atomic E-state index is 0. The molecule has 0 fully saturated rings. The summed E-state index contributed by atoms with van der Waals surface area (Å²) >= 11 is 0. The maximum atomic E-state index is 13.2. The van der Waals surface area contributed by atoms with Crippen molar-refractivity contribution in [2.45, 2.75) is 106 Å². The van der Waals surface area contributed by atoms with E-state index in [1.165, 1.54) is 28.4 Å². The Hall–Kier alpha value is -4.83. The van der Waals surface area contributed by atoms with Crippen LogP contribution >= 0.6 is 0 Å². The number of aromatic nitrogens is 2. The molecule has 4 heterocycles. The summed E-state index contributed by atoms with van der Waals surface area (Å²) in [6.07, 6.45) is 6.70. The second-order valence-electron chi connectivity index (χ2n) is 14.4. The Balaban J connectivity index is 0.00000620. The van der Waals surface area contributed by atoms with Crippen LogP contribution in [0.4, 0.5) is 0 Å². The van der Waals surface area contributed by atoms with Gasteiger partial charge in [-0.05, 0) is 89.5 Å². The van der Waals surface area contributed by atoms with Gasteiger partial charge >= 0.3 is 29.8 Å². The van der Waals surface area contributed by atoms with Crippen LogP contribution in [0.2, 0.25) is 0 Å². The van der Waals surface area contributed by atoms with E-state index in [4.69, 9.17) is 23.7 Å². The monoisotopic (exact) mass is 960 g/mol. The van der Waals surface area contributed by atoms with Gasteiger partial charge in [0, 0.05) is 82.9 Å². The normalized spacial score (nSPS) is 14.8. The van der Waals surface area contributed by atoms with Gasteiger partial charge in [0.05, 0.1) is 41.5 Å². The molecule has 60 heavy (non-hydrogen) atoms. The Kier molecular flexibility index (Phi) is 20.4. The van der Waals surface area contributed by atoms with E-state index < -0.39 is 5.97 Å². The third-order valence-corrected chi connectivity index (χ3v) is 10.9. The minimum atomic E-state index is -0.407.